The summed E-state index contributed by atoms with van der Waals surface area (Å²) in [5.41, 5.74) is 6.84. The summed E-state index contributed by atoms with van der Waals surface area (Å²) in [7, 11) is 0. The van der Waals surface area contributed by atoms with E-state index in [1.807, 2.05) is 0 Å². The van der Waals surface area contributed by atoms with Crippen LogP contribution in [0.2, 0.25) is 0 Å². The molecule has 3 N–H and O–H groups in total. The zero-order valence-electron chi connectivity index (χ0n) is 11.1. The van der Waals surface area contributed by atoms with Crippen LogP contribution in [0, 0.1) is 16.0 Å². The van der Waals surface area contributed by atoms with E-state index in [2.05, 4.69) is 17.1 Å². The van der Waals surface area contributed by atoms with Crippen molar-refractivity contribution in [3.8, 4) is 0 Å². The van der Waals surface area contributed by atoms with E-state index in [-0.39, 0.29) is 5.69 Å². The highest BCUT2D eigenvalue weighted by Crippen LogP contribution is 2.23. The number of hydrogen-bond donors (Lipinski definition) is 2. The van der Waals surface area contributed by atoms with E-state index in [1.165, 1.54) is 18.6 Å². The van der Waals surface area contributed by atoms with Crippen LogP contribution in [0.1, 0.15) is 13.3 Å². The molecule has 0 amide bonds. The van der Waals surface area contributed by atoms with Crippen LogP contribution < -0.4 is 11.1 Å². The maximum atomic E-state index is 10.8. The highest BCUT2D eigenvalue weighted by atomic mass is 16.6. The first-order valence-corrected chi connectivity index (χ1v) is 6.59. The number of nitrogen functional groups attached to an aromatic ring is 1. The molecule has 6 nitrogen and oxygen atoms in total. The Morgan fingerprint density at radius 1 is 1.53 bits per heavy atom. The zero-order chi connectivity index (χ0) is 13.8. The predicted molar refractivity (Wildman–Crippen MR) is 76.2 cm³/mol. The van der Waals surface area contributed by atoms with Crippen LogP contribution >= 0.6 is 0 Å². The Morgan fingerprint density at radius 3 is 2.95 bits per heavy atom. The molecule has 104 valence electrons. The molecule has 1 unspecified atom stereocenters. The lowest BCUT2D eigenvalue weighted by molar-refractivity contribution is -0.384. The van der Waals surface area contributed by atoms with Gasteiger partial charge < -0.3 is 16.0 Å². The first-order valence-electron chi connectivity index (χ1n) is 6.59. The molecule has 6 heteroatoms. The Balaban J connectivity index is 1.94. The fraction of sp³-hybridized carbons (Fsp3) is 0.538. The number of nitrogens with two attached hydrogens (primary N) is 1. The molecule has 0 aromatic heterocycles. The smallest absolute Gasteiger partial charge is 0.273 e. The first-order chi connectivity index (χ1) is 9.08. The minimum absolute atomic E-state index is 0.0316. The van der Waals surface area contributed by atoms with Crippen molar-refractivity contribution in [2.45, 2.75) is 13.3 Å². The molecule has 0 saturated carbocycles. The average molecular weight is 264 g/mol. The van der Waals surface area contributed by atoms with Gasteiger partial charge in [-0.15, -0.1) is 0 Å². The zero-order valence-corrected chi connectivity index (χ0v) is 11.1. The molecule has 19 heavy (non-hydrogen) atoms. The van der Waals surface area contributed by atoms with Gasteiger partial charge in [-0.05, 0) is 31.5 Å². The first kappa shape index (κ1) is 13.6. The van der Waals surface area contributed by atoms with Crippen LogP contribution in [0.25, 0.3) is 0 Å². The predicted octanol–water partition coefficient (Wildman–Crippen LogP) is 1.93. The van der Waals surface area contributed by atoms with Crippen molar-refractivity contribution in [3.05, 3.63) is 28.3 Å². The molecule has 0 bridgehead atoms. The third-order valence-electron chi connectivity index (χ3n) is 3.56. The van der Waals surface area contributed by atoms with Crippen molar-refractivity contribution in [2.75, 3.05) is 37.2 Å². The molecule has 1 aromatic rings. The molecule has 1 aliphatic heterocycles. The van der Waals surface area contributed by atoms with E-state index in [1.54, 1.807) is 6.07 Å². The molecule has 1 fully saturated rings. The standard InChI is InChI=1S/C13H20N4O2/c1-2-16-4-3-10(9-16)8-15-12-5-11(14)6-13(7-12)17(18)19/h5-7,10,15H,2-4,8-9,14H2,1H3. The number of nitro groups is 1. The molecule has 1 saturated heterocycles. The average Bonchev–Trinajstić information content (AvgIpc) is 2.83. The second kappa shape index (κ2) is 5.88. The van der Waals surface area contributed by atoms with E-state index in [0.717, 1.165) is 31.9 Å². The van der Waals surface area contributed by atoms with E-state index < -0.39 is 4.92 Å². The maximum Gasteiger partial charge on any atom is 0.273 e. The number of hydrogen-bond acceptors (Lipinski definition) is 5. The van der Waals surface area contributed by atoms with Crippen LogP contribution in [0.15, 0.2) is 18.2 Å². The highest BCUT2D eigenvalue weighted by Gasteiger charge is 2.20. The van der Waals surface area contributed by atoms with Gasteiger partial charge in [0.05, 0.1) is 4.92 Å². The number of non-ortho nitro benzene ring substituents is 1. The summed E-state index contributed by atoms with van der Waals surface area (Å²) in [5.74, 6) is 0.598. The van der Waals surface area contributed by atoms with Gasteiger partial charge in [-0.3, -0.25) is 10.1 Å². The van der Waals surface area contributed by atoms with Gasteiger partial charge in [0.15, 0.2) is 0 Å². The summed E-state index contributed by atoms with van der Waals surface area (Å²) in [6, 6.07) is 4.64. The number of likely N-dealkylation sites (tertiary alicyclic amines) is 1. The number of nitro benzene ring substituents is 1. The molecule has 0 aliphatic carbocycles. The number of nitrogens with one attached hydrogen (secondary N) is 1. The highest BCUT2D eigenvalue weighted by molar-refractivity contribution is 5.61. The molecule has 1 aromatic carbocycles. The van der Waals surface area contributed by atoms with Gasteiger partial charge in [-0.1, -0.05) is 6.92 Å². The molecule has 0 spiro atoms. The summed E-state index contributed by atoms with van der Waals surface area (Å²) >= 11 is 0. The third kappa shape index (κ3) is 3.57. The van der Waals surface area contributed by atoms with Crippen LogP contribution in [0.3, 0.4) is 0 Å². The van der Waals surface area contributed by atoms with Crippen LogP contribution in [-0.2, 0) is 0 Å². The van der Waals surface area contributed by atoms with Gasteiger partial charge in [0, 0.05) is 36.6 Å². The summed E-state index contributed by atoms with van der Waals surface area (Å²) in [5, 5.41) is 14.0. The Morgan fingerprint density at radius 2 is 2.32 bits per heavy atom. The van der Waals surface area contributed by atoms with Gasteiger partial charge in [0.1, 0.15) is 0 Å². The second-order valence-electron chi connectivity index (χ2n) is 5.00. The topological polar surface area (TPSA) is 84.4 Å². The van der Waals surface area contributed by atoms with Crippen molar-refractivity contribution < 1.29 is 4.92 Å². The van der Waals surface area contributed by atoms with Gasteiger partial charge in [0.2, 0.25) is 0 Å². The van der Waals surface area contributed by atoms with Crippen molar-refractivity contribution in [3.63, 3.8) is 0 Å². The van der Waals surface area contributed by atoms with Crippen LogP contribution in [-0.4, -0.2) is 36.0 Å². The van der Waals surface area contributed by atoms with Gasteiger partial charge in [-0.25, -0.2) is 0 Å². The number of rotatable bonds is 5. The van der Waals surface area contributed by atoms with E-state index >= 15 is 0 Å². The summed E-state index contributed by atoms with van der Waals surface area (Å²) in [4.78, 5) is 12.8. The molecular weight excluding hydrogens is 244 g/mol. The number of benzene rings is 1. The van der Waals surface area contributed by atoms with Crippen molar-refractivity contribution in [1.82, 2.24) is 4.90 Å². The quantitative estimate of drug-likeness (QED) is 0.482. The van der Waals surface area contributed by atoms with E-state index in [4.69, 9.17) is 5.73 Å². The summed E-state index contributed by atoms with van der Waals surface area (Å²) in [6.45, 7) is 6.31. The van der Waals surface area contributed by atoms with Crippen LogP contribution in [0.5, 0.6) is 0 Å². The Bertz CT molecular complexity index is 464. The van der Waals surface area contributed by atoms with E-state index in [9.17, 15) is 10.1 Å². The minimum atomic E-state index is -0.421. The Labute approximate surface area is 112 Å². The van der Waals surface area contributed by atoms with Crippen molar-refractivity contribution in [1.29, 1.82) is 0 Å². The number of nitrogens with zero attached hydrogens (tertiary/aromatic N) is 2. The Hall–Kier alpha value is -1.82. The molecule has 1 heterocycles. The molecular formula is C13H20N4O2. The normalized spacial score (nSPS) is 19.5. The monoisotopic (exact) mass is 264 g/mol. The molecule has 1 aliphatic rings. The van der Waals surface area contributed by atoms with Crippen molar-refractivity contribution in [2.24, 2.45) is 5.92 Å². The minimum Gasteiger partial charge on any atom is -0.398 e. The van der Waals surface area contributed by atoms with E-state index in [0.29, 0.717) is 11.6 Å². The fourth-order valence-electron chi connectivity index (χ4n) is 2.47. The molecule has 0 radical (unpaired) electrons. The largest absolute Gasteiger partial charge is 0.398 e. The lowest BCUT2D eigenvalue weighted by atomic mass is 10.1. The lowest BCUT2D eigenvalue weighted by Crippen LogP contribution is -2.22. The third-order valence-corrected chi connectivity index (χ3v) is 3.56. The summed E-state index contributed by atoms with van der Waals surface area (Å²) in [6.07, 6.45) is 1.17. The second-order valence-corrected chi connectivity index (χ2v) is 5.00. The van der Waals surface area contributed by atoms with Gasteiger partial charge in [0.25, 0.3) is 5.69 Å². The summed E-state index contributed by atoms with van der Waals surface area (Å²) < 4.78 is 0. The van der Waals surface area contributed by atoms with Gasteiger partial charge in [-0.2, -0.15) is 0 Å². The fourth-order valence-corrected chi connectivity index (χ4v) is 2.47. The van der Waals surface area contributed by atoms with Gasteiger partial charge >= 0.3 is 0 Å². The van der Waals surface area contributed by atoms with Crippen molar-refractivity contribution >= 4 is 17.1 Å². The maximum absolute atomic E-state index is 10.8. The van der Waals surface area contributed by atoms with Crippen LogP contribution in [0.4, 0.5) is 17.1 Å². The molecule has 2 rings (SSSR count). The lowest BCUT2D eigenvalue weighted by Gasteiger charge is -2.14. The number of anilines is 2. The SMILES string of the molecule is CCN1CCC(CNc2cc(N)cc([N+](=O)[O-])c2)C1. The Kier molecular flexibility index (Phi) is 4.21. The molecule has 1 atom stereocenters.